The highest BCUT2D eigenvalue weighted by molar-refractivity contribution is 6.32. The van der Waals surface area contributed by atoms with E-state index in [1.54, 1.807) is 0 Å². The Labute approximate surface area is 91.8 Å². The van der Waals surface area contributed by atoms with Gasteiger partial charge in [0.15, 0.2) is 0 Å². The SMILES string of the molecule is FC(F)(F)C/C=C/CC(F)(Cl)C(F)(F)Cl. The molecule has 0 aromatic carbocycles. The van der Waals surface area contributed by atoms with E-state index in [0.717, 1.165) is 0 Å². The molecular weight excluding hydrogens is 269 g/mol. The molecule has 8 heteroatoms. The van der Waals surface area contributed by atoms with Crippen LogP contribution in [0.4, 0.5) is 26.3 Å². The van der Waals surface area contributed by atoms with Gasteiger partial charge in [0.1, 0.15) is 0 Å². The summed E-state index contributed by atoms with van der Waals surface area (Å²) in [7, 11) is 0. The van der Waals surface area contributed by atoms with Crippen molar-refractivity contribution in [2.75, 3.05) is 0 Å². The molecule has 0 aliphatic carbocycles. The number of hydrogen-bond donors (Lipinski definition) is 0. The molecule has 0 amide bonds. The second-order valence-electron chi connectivity index (χ2n) is 2.70. The van der Waals surface area contributed by atoms with Crippen molar-refractivity contribution in [3.8, 4) is 0 Å². The van der Waals surface area contributed by atoms with Crippen molar-refractivity contribution >= 4 is 23.2 Å². The van der Waals surface area contributed by atoms with E-state index in [4.69, 9.17) is 0 Å². The van der Waals surface area contributed by atoms with Crippen molar-refractivity contribution in [3.63, 3.8) is 0 Å². The molecule has 0 aromatic rings. The third-order valence-corrected chi connectivity index (χ3v) is 2.09. The highest BCUT2D eigenvalue weighted by Crippen LogP contribution is 2.42. The van der Waals surface area contributed by atoms with E-state index in [9.17, 15) is 26.3 Å². The molecule has 0 nitrogen and oxygen atoms in total. The zero-order valence-electron chi connectivity index (χ0n) is 7.09. The van der Waals surface area contributed by atoms with Crippen LogP contribution in [0.1, 0.15) is 12.8 Å². The Balaban J connectivity index is 4.17. The van der Waals surface area contributed by atoms with Crippen LogP contribution >= 0.6 is 23.2 Å². The lowest BCUT2D eigenvalue weighted by Gasteiger charge is -2.20. The Kier molecular flexibility index (Phi) is 4.79. The molecule has 15 heavy (non-hydrogen) atoms. The monoisotopic (exact) mass is 274 g/mol. The van der Waals surface area contributed by atoms with Crippen molar-refractivity contribution in [3.05, 3.63) is 12.2 Å². The van der Waals surface area contributed by atoms with Gasteiger partial charge in [0.2, 0.25) is 0 Å². The maximum Gasteiger partial charge on any atom is 0.392 e. The summed E-state index contributed by atoms with van der Waals surface area (Å²) in [5.74, 6) is 0. The van der Waals surface area contributed by atoms with E-state index in [-0.39, 0.29) is 0 Å². The van der Waals surface area contributed by atoms with Gasteiger partial charge in [0.05, 0.1) is 6.42 Å². The van der Waals surface area contributed by atoms with Gasteiger partial charge in [-0.1, -0.05) is 23.8 Å². The van der Waals surface area contributed by atoms with Crippen LogP contribution in [0.3, 0.4) is 0 Å². The lowest BCUT2D eigenvalue weighted by molar-refractivity contribution is -0.125. The molecule has 1 atom stereocenters. The molecule has 0 aliphatic rings. The Morgan fingerprint density at radius 3 is 1.53 bits per heavy atom. The highest BCUT2D eigenvalue weighted by Gasteiger charge is 2.51. The summed E-state index contributed by atoms with van der Waals surface area (Å²) in [4.78, 5) is 0. The first kappa shape index (κ1) is 14.9. The van der Waals surface area contributed by atoms with Gasteiger partial charge in [-0.2, -0.15) is 22.0 Å². The molecule has 0 aliphatic heterocycles. The normalized spacial score (nSPS) is 18.1. The van der Waals surface area contributed by atoms with Crippen LogP contribution in [0.5, 0.6) is 0 Å². The van der Waals surface area contributed by atoms with Gasteiger partial charge in [-0.25, -0.2) is 4.39 Å². The zero-order valence-corrected chi connectivity index (χ0v) is 8.60. The average Bonchev–Trinajstić information content (AvgIpc) is 1.94. The van der Waals surface area contributed by atoms with E-state index in [0.29, 0.717) is 12.2 Å². The van der Waals surface area contributed by atoms with Gasteiger partial charge in [-0.3, -0.25) is 0 Å². The molecule has 1 unspecified atom stereocenters. The fourth-order valence-electron chi connectivity index (χ4n) is 0.564. The molecule has 0 rings (SSSR count). The fourth-order valence-corrected chi connectivity index (χ4v) is 0.730. The topological polar surface area (TPSA) is 0 Å². The number of halogens is 8. The summed E-state index contributed by atoms with van der Waals surface area (Å²) in [5, 5.41) is -7.92. The number of alkyl halides is 8. The molecular formula is C7H6Cl2F6. The van der Waals surface area contributed by atoms with Gasteiger partial charge in [0, 0.05) is 6.42 Å². The lowest BCUT2D eigenvalue weighted by atomic mass is 10.2. The quantitative estimate of drug-likeness (QED) is 0.399. The molecule has 0 bridgehead atoms. The summed E-state index contributed by atoms with van der Waals surface area (Å²) >= 11 is 8.98. The Bertz CT molecular complexity index is 227. The minimum atomic E-state index is -4.47. The summed E-state index contributed by atoms with van der Waals surface area (Å²) in [6.45, 7) is 0. The molecule has 90 valence electrons. The Morgan fingerprint density at radius 2 is 1.20 bits per heavy atom. The molecule has 0 saturated heterocycles. The minimum Gasteiger partial charge on any atom is -0.218 e. The summed E-state index contributed by atoms with van der Waals surface area (Å²) in [5.41, 5.74) is 0. The standard InChI is InChI=1S/C7H6Cl2F6/c8-5(10,7(9,14)15)3-1-2-4-6(11,12)13/h1-2H,3-4H2/b2-1+. The second-order valence-corrected chi connectivity index (χ2v) is 3.77. The summed E-state index contributed by atoms with van der Waals surface area (Å²) < 4.78 is 71.8. The molecule has 0 saturated carbocycles. The van der Waals surface area contributed by atoms with E-state index >= 15 is 0 Å². The van der Waals surface area contributed by atoms with Crippen LogP contribution < -0.4 is 0 Å². The maximum atomic E-state index is 12.8. The van der Waals surface area contributed by atoms with Crippen LogP contribution in [0.2, 0.25) is 0 Å². The van der Waals surface area contributed by atoms with Crippen LogP contribution in [-0.4, -0.2) is 16.7 Å². The van der Waals surface area contributed by atoms with Gasteiger partial charge >= 0.3 is 11.6 Å². The highest BCUT2D eigenvalue weighted by atomic mass is 35.5. The predicted molar refractivity (Wildman–Crippen MR) is 44.9 cm³/mol. The third-order valence-electron chi connectivity index (χ3n) is 1.30. The summed E-state index contributed by atoms with van der Waals surface area (Å²) in [6, 6.07) is 0. The first-order valence-corrected chi connectivity index (χ1v) is 4.37. The number of allylic oxidation sites excluding steroid dienone is 2. The Morgan fingerprint density at radius 1 is 0.800 bits per heavy atom. The largest absolute Gasteiger partial charge is 0.392 e. The fraction of sp³-hybridized carbons (Fsp3) is 0.714. The predicted octanol–water partition coefficient (Wildman–Crippen LogP) is 4.62. The van der Waals surface area contributed by atoms with Crippen molar-refractivity contribution in [1.82, 2.24) is 0 Å². The van der Waals surface area contributed by atoms with Crippen molar-refractivity contribution in [1.29, 1.82) is 0 Å². The van der Waals surface area contributed by atoms with E-state index in [1.165, 1.54) is 0 Å². The molecule has 0 spiro atoms. The summed E-state index contributed by atoms with van der Waals surface area (Å²) in [6.07, 6.45) is -5.85. The van der Waals surface area contributed by atoms with Gasteiger partial charge in [0.25, 0.3) is 5.13 Å². The molecule has 0 aromatic heterocycles. The van der Waals surface area contributed by atoms with Crippen LogP contribution in [0.25, 0.3) is 0 Å². The van der Waals surface area contributed by atoms with Crippen LogP contribution in [0.15, 0.2) is 12.2 Å². The average molecular weight is 275 g/mol. The third kappa shape index (κ3) is 6.14. The van der Waals surface area contributed by atoms with Crippen molar-refractivity contribution in [2.24, 2.45) is 0 Å². The van der Waals surface area contributed by atoms with Crippen LogP contribution in [0, 0.1) is 0 Å². The zero-order chi connectivity index (χ0) is 12.3. The molecule has 0 N–H and O–H groups in total. The first-order chi connectivity index (χ1) is 6.46. The van der Waals surface area contributed by atoms with Gasteiger partial charge < -0.3 is 0 Å². The van der Waals surface area contributed by atoms with Crippen molar-refractivity contribution < 1.29 is 26.3 Å². The molecule has 0 fully saturated rings. The lowest BCUT2D eigenvalue weighted by Crippen LogP contribution is -2.33. The molecule has 0 heterocycles. The van der Waals surface area contributed by atoms with Gasteiger partial charge in [-0.05, 0) is 11.6 Å². The van der Waals surface area contributed by atoms with Gasteiger partial charge in [-0.15, -0.1) is 0 Å². The molecule has 0 radical (unpaired) electrons. The van der Waals surface area contributed by atoms with Crippen molar-refractivity contribution in [2.45, 2.75) is 29.5 Å². The number of rotatable bonds is 4. The Hall–Kier alpha value is -0.100. The minimum absolute atomic E-state index is 0.499. The second kappa shape index (κ2) is 4.82. The smallest absolute Gasteiger partial charge is 0.218 e. The van der Waals surface area contributed by atoms with E-state index in [2.05, 4.69) is 23.2 Å². The maximum absolute atomic E-state index is 12.8. The van der Waals surface area contributed by atoms with E-state index in [1.807, 2.05) is 0 Å². The van der Waals surface area contributed by atoms with Crippen LogP contribution in [-0.2, 0) is 0 Å². The number of hydrogen-bond acceptors (Lipinski definition) is 0. The van der Waals surface area contributed by atoms with E-state index < -0.39 is 29.5 Å². The first-order valence-electron chi connectivity index (χ1n) is 3.62.